The van der Waals surface area contributed by atoms with Crippen LogP contribution in [0.15, 0.2) is 36.5 Å². The molecule has 1 fully saturated rings. The van der Waals surface area contributed by atoms with Gasteiger partial charge in [0.2, 0.25) is 0 Å². The molecule has 0 atom stereocenters. The van der Waals surface area contributed by atoms with E-state index in [1.807, 2.05) is 27.7 Å². The van der Waals surface area contributed by atoms with E-state index in [1.54, 1.807) is 0 Å². The molecular formula is C15H18BFN2O2. The molecule has 6 heteroatoms. The van der Waals surface area contributed by atoms with E-state index >= 15 is 0 Å². The molecule has 0 saturated carbocycles. The smallest absolute Gasteiger partial charge is 0.399 e. The maximum atomic E-state index is 14.1. The maximum Gasteiger partial charge on any atom is 0.498 e. The molecule has 1 aromatic carbocycles. The van der Waals surface area contributed by atoms with Gasteiger partial charge in [-0.2, -0.15) is 5.10 Å². The second-order valence-electron chi connectivity index (χ2n) is 5.80. The van der Waals surface area contributed by atoms with Gasteiger partial charge in [0.15, 0.2) is 0 Å². The summed E-state index contributed by atoms with van der Waals surface area (Å²) >= 11 is 0. The Hall–Kier alpha value is -1.66. The van der Waals surface area contributed by atoms with E-state index in [0.29, 0.717) is 0 Å². The Kier molecular flexibility index (Phi) is 1.94. The van der Waals surface area contributed by atoms with E-state index < -0.39 is 60.2 Å². The van der Waals surface area contributed by atoms with Gasteiger partial charge in [-0.1, -0.05) is 6.04 Å². The molecule has 0 amide bonds. The molecule has 1 aliphatic heterocycles. The van der Waals surface area contributed by atoms with Crippen LogP contribution in [0.25, 0.3) is 5.69 Å². The lowest BCUT2D eigenvalue weighted by Crippen LogP contribution is -2.41. The zero-order valence-electron chi connectivity index (χ0n) is 18.2. The minimum atomic E-state index is -1.29. The molecule has 2 heterocycles. The van der Waals surface area contributed by atoms with E-state index in [0.717, 1.165) is 4.68 Å². The van der Waals surface area contributed by atoms with E-state index in [9.17, 15) is 4.39 Å². The molecule has 0 radical (unpaired) electrons. The highest BCUT2D eigenvalue weighted by molar-refractivity contribution is 6.62. The molecule has 0 bridgehead atoms. The molecule has 2 aromatic rings. The summed E-state index contributed by atoms with van der Waals surface area (Å²) in [4.78, 5) is 0. The normalized spacial score (nSPS) is 24.0. The summed E-state index contributed by atoms with van der Waals surface area (Å²) in [6.07, 6.45) is -0.781. The first-order valence-corrected chi connectivity index (χ1v) is 6.48. The van der Waals surface area contributed by atoms with Crippen molar-refractivity contribution in [1.82, 2.24) is 9.78 Å². The van der Waals surface area contributed by atoms with E-state index in [1.165, 1.54) is 0 Å². The fraction of sp³-hybridized carbons (Fsp3) is 0.400. The van der Waals surface area contributed by atoms with Crippen LogP contribution in [0.5, 0.6) is 0 Å². The number of nitrogens with zero attached hydrogens (tertiary/aromatic N) is 2. The molecule has 0 aliphatic carbocycles. The summed E-state index contributed by atoms with van der Waals surface area (Å²) in [5.41, 5.74) is -1.93. The van der Waals surface area contributed by atoms with Gasteiger partial charge in [-0.05, 0) is 45.8 Å². The van der Waals surface area contributed by atoms with E-state index in [-0.39, 0.29) is 11.6 Å². The number of hydrogen-bond donors (Lipinski definition) is 0. The predicted molar refractivity (Wildman–Crippen MR) is 79.2 cm³/mol. The van der Waals surface area contributed by atoms with Crippen LogP contribution in [0.3, 0.4) is 0 Å². The molecule has 1 aromatic heterocycles. The second kappa shape index (κ2) is 4.68. The first kappa shape index (κ1) is 8.71. The molecule has 110 valence electrons. The van der Waals surface area contributed by atoms with Crippen LogP contribution in [0.4, 0.5) is 4.39 Å². The number of benzene rings is 1. The van der Waals surface area contributed by atoms with Gasteiger partial charge in [-0.25, -0.2) is 9.07 Å². The summed E-state index contributed by atoms with van der Waals surface area (Å²) in [6, 6.07) is -3.05. The summed E-state index contributed by atoms with van der Waals surface area (Å²) in [6.45, 7) is 7.23. The third-order valence-electron chi connectivity index (χ3n) is 3.78. The molecular weight excluding hydrogens is 270 g/mol. The average molecular weight is 294 g/mol. The Labute approximate surface area is 132 Å². The standard InChI is InChI=1S/C15H18BFN2O2/c1-14(2)15(3,4)21-16(20-14)11-9-18-19(10-11)13-7-5-6-12(17)8-13/h5-10H,1-4H3/i5D,6D,7D,8D,9D,10D. The lowest BCUT2D eigenvalue weighted by molar-refractivity contribution is 0.00578. The van der Waals surface area contributed by atoms with Crippen LogP contribution >= 0.6 is 0 Å². The largest absolute Gasteiger partial charge is 0.498 e. The van der Waals surface area contributed by atoms with Crippen molar-refractivity contribution in [3.63, 3.8) is 0 Å². The van der Waals surface area contributed by atoms with Gasteiger partial charge >= 0.3 is 7.12 Å². The molecule has 0 unspecified atom stereocenters. The van der Waals surface area contributed by atoms with Gasteiger partial charge in [0.05, 0.1) is 25.1 Å². The summed E-state index contributed by atoms with van der Waals surface area (Å²) in [5, 5.41) is 3.84. The Morgan fingerprint density at radius 1 is 1.24 bits per heavy atom. The van der Waals surface area contributed by atoms with Crippen molar-refractivity contribution >= 4 is 12.6 Å². The van der Waals surface area contributed by atoms with Crippen LogP contribution in [0.2, 0.25) is 0 Å². The lowest BCUT2D eigenvalue weighted by Gasteiger charge is -2.32. The molecule has 21 heavy (non-hydrogen) atoms. The Bertz CT molecular complexity index is 904. The molecule has 0 N–H and O–H groups in total. The van der Waals surface area contributed by atoms with Gasteiger partial charge in [0.25, 0.3) is 0 Å². The van der Waals surface area contributed by atoms with Crippen molar-refractivity contribution in [3.8, 4) is 5.69 Å². The SMILES string of the molecule is [2H]c1nn(-c2c([2H])c([2H])c([2H])c(F)c2[2H])c([2H])c1B1OC(C)(C)C(C)(C)O1. The third-order valence-corrected chi connectivity index (χ3v) is 3.78. The van der Waals surface area contributed by atoms with Crippen LogP contribution in [-0.2, 0) is 9.31 Å². The maximum absolute atomic E-state index is 14.1. The Morgan fingerprint density at radius 3 is 2.57 bits per heavy atom. The summed E-state index contributed by atoms with van der Waals surface area (Å²) in [7, 11) is -1.07. The van der Waals surface area contributed by atoms with Crippen molar-refractivity contribution in [3.05, 3.63) is 42.3 Å². The number of hydrogen-bond acceptors (Lipinski definition) is 3. The molecule has 0 spiro atoms. The minimum absolute atomic E-state index is 0.0191. The van der Waals surface area contributed by atoms with Crippen molar-refractivity contribution in [2.24, 2.45) is 0 Å². The highest BCUT2D eigenvalue weighted by Gasteiger charge is 2.52. The fourth-order valence-electron chi connectivity index (χ4n) is 1.86. The van der Waals surface area contributed by atoms with Crippen molar-refractivity contribution in [2.45, 2.75) is 38.9 Å². The zero-order chi connectivity index (χ0) is 20.5. The van der Waals surface area contributed by atoms with Crippen molar-refractivity contribution in [1.29, 1.82) is 0 Å². The second-order valence-corrected chi connectivity index (χ2v) is 5.80. The monoisotopic (exact) mass is 294 g/mol. The number of aromatic nitrogens is 2. The van der Waals surface area contributed by atoms with Crippen LogP contribution in [-0.4, -0.2) is 28.1 Å². The molecule has 4 nitrogen and oxygen atoms in total. The van der Waals surface area contributed by atoms with E-state index in [2.05, 4.69) is 5.10 Å². The summed E-state index contributed by atoms with van der Waals surface area (Å²) < 4.78 is 73.9. The van der Waals surface area contributed by atoms with Gasteiger partial charge in [-0.15, -0.1) is 0 Å². The topological polar surface area (TPSA) is 36.3 Å². The average Bonchev–Trinajstić information content (AvgIpc) is 2.95. The molecule has 1 saturated heterocycles. The third kappa shape index (κ3) is 2.49. The van der Waals surface area contributed by atoms with Crippen LogP contribution < -0.4 is 5.46 Å². The molecule has 3 rings (SSSR count). The Balaban J connectivity index is 2.18. The highest BCUT2D eigenvalue weighted by atomic mass is 19.1. The van der Waals surface area contributed by atoms with Gasteiger partial charge in [-0.3, -0.25) is 0 Å². The van der Waals surface area contributed by atoms with Gasteiger partial charge in [0, 0.05) is 17.8 Å². The first-order valence-electron chi connectivity index (χ1n) is 9.48. The Morgan fingerprint density at radius 2 is 1.90 bits per heavy atom. The molecule has 1 aliphatic rings. The van der Waals surface area contributed by atoms with E-state index in [4.69, 9.17) is 17.5 Å². The first-order chi connectivity index (χ1) is 12.3. The van der Waals surface area contributed by atoms with Crippen molar-refractivity contribution < 1.29 is 21.9 Å². The number of rotatable bonds is 2. The van der Waals surface area contributed by atoms with Crippen molar-refractivity contribution in [2.75, 3.05) is 0 Å². The van der Waals surface area contributed by atoms with Gasteiger partial charge in [0.1, 0.15) is 5.82 Å². The highest BCUT2D eigenvalue weighted by Crippen LogP contribution is 2.36. The lowest BCUT2D eigenvalue weighted by atomic mass is 9.82. The predicted octanol–water partition coefficient (Wildman–Crippen LogP) is 2.31. The van der Waals surface area contributed by atoms with Crippen LogP contribution in [0.1, 0.15) is 35.9 Å². The zero-order valence-corrected chi connectivity index (χ0v) is 12.2. The van der Waals surface area contributed by atoms with Gasteiger partial charge < -0.3 is 9.31 Å². The summed E-state index contributed by atoms with van der Waals surface area (Å²) in [5.74, 6) is -1.29. The fourth-order valence-corrected chi connectivity index (χ4v) is 1.86. The van der Waals surface area contributed by atoms with Crippen LogP contribution in [0, 0.1) is 5.82 Å². The quantitative estimate of drug-likeness (QED) is 0.798. The minimum Gasteiger partial charge on any atom is -0.399 e. The number of halogens is 1.